The third kappa shape index (κ3) is 2.26. The van der Waals surface area contributed by atoms with E-state index in [1.54, 1.807) is 0 Å². The summed E-state index contributed by atoms with van der Waals surface area (Å²) < 4.78 is 1.97. The molecular formula is C18H18N4O2S. The van der Waals surface area contributed by atoms with Crippen LogP contribution in [0.5, 0.6) is 0 Å². The second-order valence-electron chi connectivity index (χ2n) is 6.22. The predicted molar refractivity (Wildman–Crippen MR) is 99.1 cm³/mol. The standard InChI is InChI=1S/C18H18N4O2S/c1-10-11(2)17(22(23)24)18-14-15(12-6-3-4-7-13(12)25-18)20-21(16(10)14)9-5-8-19/h3-4,6-7H,5,8-9,19H2,1-2H3. The molecule has 128 valence electrons. The molecule has 1 aliphatic heterocycles. The fourth-order valence-electron chi connectivity index (χ4n) is 3.47. The topological polar surface area (TPSA) is 87.0 Å². The molecule has 0 atom stereocenters. The first-order valence-corrected chi connectivity index (χ1v) is 9.01. The van der Waals surface area contributed by atoms with Crippen LogP contribution in [0, 0.1) is 24.0 Å². The number of aryl methyl sites for hydroxylation is 2. The first-order valence-electron chi connectivity index (χ1n) is 8.20. The molecule has 0 radical (unpaired) electrons. The Morgan fingerprint density at radius 2 is 2.04 bits per heavy atom. The van der Waals surface area contributed by atoms with Gasteiger partial charge in [0, 0.05) is 28.0 Å². The SMILES string of the molecule is Cc1c([N+](=O)[O-])c2c3c(nn(CCCN)c3c1C)-c1ccccc1S2. The van der Waals surface area contributed by atoms with Crippen molar-refractivity contribution in [1.82, 2.24) is 9.78 Å². The maximum Gasteiger partial charge on any atom is 0.287 e. The molecular weight excluding hydrogens is 336 g/mol. The summed E-state index contributed by atoms with van der Waals surface area (Å²) in [6.45, 7) is 5.05. The van der Waals surface area contributed by atoms with Gasteiger partial charge in [0.05, 0.1) is 10.4 Å². The van der Waals surface area contributed by atoms with Gasteiger partial charge < -0.3 is 5.73 Å². The number of rotatable bonds is 4. The van der Waals surface area contributed by atoms with Gasteiger partial charge in [-0.2, -0.15) is 5.10 Å². The number of nitrogens with zero attached hydrogens (tertiary/aromatic N) is 3. The summed E-state index contributed by atoms with van der Waals surface area (Å²) >= 11 is 1.47. The average molecular weight is 354 g/mol. The van der Waals surface area contributed by atoms with E-state index < -0.39 is 0 Å². The molecule has 0 unspecified atom stereocenters. The van der Waals surface area contributed by atoms with Gasteiger partial charge in [0.1, 0.15) is 10.6 Å². The fourth-order valence-corrected chi connectivity index (χ4v) is 4.73. The van der Waals surface area contributed by atoms with Gasteiger partial charge in [-0.3, -0.25) is 14.8 Å². The highest BCUT2D eigenvalue weighted by molar-refractivity contribution is 8.00. The van der Waals surface area contributed by atoms with E-state index in [1.807, 2.05) is 42.8 Å². The number of benzene rings is 2. The van der Waals surface area contributed by atoms with E-state index in [-0.39, 0.29) is 10.6 Å². The van der Waals surface area contributed by atoms with Crippen molar-refractivity contribution in [2.24, 2.45) is 5.73 Å². The van der Waals surface area contributed by atoms with Gasteiger partial charge in [0.2, 0.25) is 0 Å². The summed E-state index contributed by atoms with van der Waals surface area (Å²) in [5.74, 6) is 0. The molecule has 2 N–H and O–H groups in total. The van der Waals surface area contributed by atoms with Crippen LogP contribution in [-0.4, -0.2) is 21.2 Å². The molecule has 0 spiro atoms. The zero-order chi connectivity index (χ0) is 17.7. The molecule has 7 heteroatoms. The summed E-state index contributed by atoms with van der Waals surface area (Å²) in [7, 11) is 0. The van der Waals surface area contributed by atoms with E-state index in [4.69, 9.17) is 10.8 Å². The van der Waals surface area contributed by atoms with Gasteiger partial charge in [0.15, 0.2) is 0 Å². The second kappa shape index (κ2) is 5.86. The smallest absolute Gasteiger partial charge is 0.287 e. The van der Waals surface area contributed by atoms with Crippen molar-refractivity contribution in [3.63, 3.8) is 0 Å². The highest BCUT2D eigenvalue weighted by Gasteiger charge is 2.33. The molecule has 0 saturated heterocycles. The zero-order valence-electron chi connectivity index (χ0n) is 14.1. The summed E-state index contributed by atoms with van der Waals surface area (Å²) in [5, 5.41) is 17.5. The van der Waals surface area contributed by atoms with Gasteiger partial charge in [-0.1, -0.05) is 30.0 Å². The van der Waals surface area contributed by atoms with Crippen LogP contribution in [0.15, 0.2) is 34.1 Å². The molecule has 0 bridgehead atoms. The third-order valence-electron chi connectivity index (χ3n) is 4.78. The largest absolute Gasteiger partial charge is 0.330 e. The summed E-state index contributed by atoms with van der Waals surface area (Å²) in [5.41, 5.74) is 10.4. The second-order valence-corrected chi connectivity index (χ2v) is 7.27. The van der Waals surface area contributed by atoms with Crippen molar-refractivity contribution in [3.8, 4) is 11.3 Å². The Hall–Kier alpha value is -2.38. The Kier molecular flexibility index (Phi) is 3.77. The van der Waals surface area contributed by atoms with E-state index in [0.717, 1.165) is 39.0 Å². The highest BCUT2D eigenvalue weighted by atomic mass is 32.2. The first kappa shape index (κ1) is 16.1. The van der Waals surface area contributed by atoms with Crippen LogP contribution in [0.4, 0.5) is 5.69 Å². The monoisotopic (exact) mass is 354 g/mol. The Balaban J connectivity index is 2.14. The van der Waals surface area contributed by atoms with E-state index in [0.29, 0.717) is 23.5 Å². The lowest BCUT2D eigenvalue weighted by Gasteiger charge is -2.17. The molecule has 2 aromatic carbocycles. The quantitative estimate of drug-likeness (QED) is 0.441. The van der Waals surface area contributed by atoms with Gasteiger partial charge in [-0.15, -0.1) is 0 Å². The van der Waals surface area contributed by atoms with Crippen molar-refractivity contribution in [1.29, 1.82) is 0 Å². The Bertz CT molecular complexity index is 1030. The highest BCUT2D eigenvalue weighted by Crippen LogP contribution is 2.52. The van der Waals surface area contributed by atoms with Crippen molar-refractivity contribution in [3.05, 3.63) is 45.5 Å². The lowest BCUT2D eigenvalue weighted by molar-refractivity contribution is -0.388. The molecule has 6 nitrogen and oxygen atoms in total. The number of aromatic nitrogens is 2. The Labute approximate surface area is 149 Å². The number of hydrogen-bond acceptors (Lipinski definition) is 5. The number of hydrogen-bond donors (Lipinski definition) is 1. The van der Waals surface area contributed by atoms with E-state index in [2.05, 4.69) is 0 Å². The first-order chi connectivity index (χ1) is 12.0. The van der Waals surface area contributed by atoms with Crippen LogP contribution in [0.1, 0.15) is 17.5 Å². The molecule has 1 aliphatic rings. The lowest BCUT2D eigenvalue weighted by atomic mass is 10.00. The third-order valence-corrected chi connectivity index (χ3v) is 5.96. The Morgan fingerprint density at radius 3 is 2.76 bits per heavy atom. The summed E-state index contributed by atoms with van der Waals surface area (Å²) in [6, 6.07) is 7.95. The van der Waals surface area contributed by atoms with Crippen LogP contribution in [0.3, 0.4) is 0 Å². The van der Waals surface area contributed by atoms with E-state index in [9.17, 15) is 10.1 Å². The minimum atomic E-state index is -0.265. The molecule has 0 fully saturated rings. The van der Waals surface area contributed by atoms with E-state index in [1.165, 1.54) is 11.8 Å². The molecule has 4 rings (SSSR count). The van der Waals surface area contributed by atoms with Crippen LogP contribution in [0.25, 0.3) is 22.2 Å². The molecule has 0 amide bonds. The van der Waals surface area contributed by atoms with Crippen LogP contribution >= 0.6 is 11.8 Å². The summed E-state index contributed by atoms with van der Waals surface area (Å²) in [4.78, 5) is 13.2. The maximum atomic E-state index is 11.8. The molecule has 3 aromatic rings. The number of nitro benzene ring substituents is 1. The summed E-state index contributed by atoms with van der Waals surface area (Å²) in [6.07, 6.45) is 0.815. The van der Waals surface area contributed by atoms with Crippen molar-refractivity contribution in [2.75, 3.05) is 6.54 Å². The Morgan fingerprint density at radius 1 is 1.28 bits per heavy atom. The average Bonchev–Trinajstić information content (AvgIpc) is 2.98. The normalized spacial score (nSPS) is 12.4. The van der Waals surface area contributed by atoms with Gasteiger partial charge in [-0.05, 0) is 38.4 Å². The van der Waals surface area contributed by atoms with E-state index >= 15 is 0 Å². The van der Waals surface area contributed by atoms with Crippen LogP contribution in [0.2, 0.25) is 0 Å². The van der Waals surface area contributed by atoms with Gasteiger partial charge in [0.25, 0.3) is 5.69 Å². The van der Waals surface area contributed by atoms with Crippen LogP contribution in [-0.2, 0) is 6.54 Å². The molecule has 2 heterocycles. The molecule has 1 aromatic heterocycles. The van der Waals surface area contributed by atoms with Crippen molar-refractivity contribution >= 4 is 28.4 Å². The minimum absolute atomic E-state index is 0.198. The van der Waals surface area contributed by atoms with Crippen molar-refractivity contribution in [2.45, 2.75) is 36.6 Å². The number of nitrogens with two attached hydrogens (primary N) is 1. The van der Waals surface area contributed by atoms with Gasteiger partial charge >= 0.3 is 0 Å². The predicted octanol–water partition coefficient (Wildman–Crippen LogP) is 4.04. The lowest BCUT2D eigenvalue weighted by Crippen LogP contribution is -2.08. The van der Waals surface area contributed by atoms with Crippen molar-refractivity contribution < 1.29 is 4.92 Å². The van der Waals surface area contributed by atoms with Crippen LogP contribution < -0.4 is 5.73 Å². The number of nitro groups is 1. The maximum absolute atomic E-state index is 11.8. The molecule has 0 saturated carbocycles. The fraction of sp³-hybridized carbons (Fsp3) is 0.278. The minimum Gasteiger partial charge on any atom is -0.330 e. The van der Waals surface area contributed by atoms with Gasteiger partial charge in [-0.25, -0.2) is 0 Å². The molecule has 25 heavy (non-hydrogen) atoms. The number of fused-ring (bicyclic) bond motifs is 2. The molecule has 0 aliphatic carbocycles. The zero-order valence-corrected chi connectivity index (χ0v) is 14.9.